The van der Waals surface area contributed by atoms with Crippen molar-refractivity contribution in [2.75, 3.05) is 7.11 Å². The van der Waals surface area contributed by atoms with Crippen LogP contribution in [0.4, 0.5) is 0 Å². The number of rotatable bonds is 6. The Labute approximate surface area is 126 Å². The van der Waals surface area contributed by atoms with Crippen LogP contribution in [0.15, 0.2) is 16.8 Å². The van der Waals surface area contributed by atoms with Gasteiger partial charge < -0.3 is 9.57 Å². The summed E-state index contributed by atoms with van der Waals surface area (Å²) in [4.78, 5) is 27.6. The van der Waals surface area contributed by atoms with Crippen LogP contribution < -0.4 is 0 Å². The molecule has 1 aliphatic carbocycles. The number of unbranched alkanes of at least 4 members (excludes halogenated alkanes) is 2. The zero-order valence-corrected chi connectivity index (χ0v) is 13.3. The highest BCUT2D eigenvalue weighted by Crippen LogP contribution is 2.34. The Bertz CT molecular complexity index is 440. The third kappa shape index (κ3) is 5.33. The summed E-state index contributed by atoms with van der Waals surface area (Å²) in [6.45, 7) is 5.37. The first-order chi connectivity index (χ1) is 9.99. The number of allylic oxidation sites excluding steroid dienone is 1. The Hall–Kier alpha value is -1.65. The summed E-state index contributed by atoms with van der Waals surface area (Å²) in [5, 5.41) is 3.87. The quantitative estimate of drug-likeness (QED) is 0.326. The third-order valence-corrected chi connectivity index (χ3v) is 3.75. The summed E-state index contributed by atoms with van der Waals surface area (Å²) >= 11 is 0. The maximum Gasteiger partial charge on any atom is 0.331 e. The SMILES string of the molecule is CCCCC[C@@H]1C/C(=N\OC(C)=O)C=C(C)[C@@H]1C(=O)OC. The fourth-order valence-corrected chi connectivity index (χ4v) is 2.79. The molecule has 0 saturated carbocycles. The number of ether oxygens (including phenoxy) is 1. The number of oxime groups is 1. The van der Waals surface area contributed by atoms with E-state index in [1.165, 1.54) is 14.0 Å². The van der Waals surface area contributed by atoms with Crippen LogP contribution in [-0.4, -0.2) is 24.8 Å². The number of carbonyl (C=O) groups excluding carboxylic acids is 2. The Morgan fingerprint density at radius 3 is 2.67 bits per heavy atom. The normalized spacial score (nSPS) is 23.6. The van der Waals surface area contributed by atoms with Crippen molar-refractivity contribution >= 4 is 17.7 Å². The first-order valence-corrected chi connectivity index (χ1v) is 7.50. The molecule has 118 valence electrons. The van der Waals surface area contributed by atoms with Crippen LogP contribution in [0.25, 0.3) is 0 Å². The molecule has 0 saturated heterocycles. The Morgan fingerprint density at radius 1 is 1.38 bits per heavy atom. The maximum absolute atomic E-state index is 12.0. The number of esters is 1. The van der Waals surface area contributed by atoms with Gasteiger partial charge in [-0.3, -0.25) is 4.79 Å². The monoisotopic (exact) mass is 295 g/mol. The highest BCUT2D eigenvalue weighted by Gasteiger charge is 2.34. The summed E-state index contributed by atoms with van der Waals surface area (Å²) in [5.74, 6) is -0.700. The van der Waals surface area contributed by atoms with Gasteiger partial charge in [0.05, 0.1) is 18.7 Å². The van der Waals surface area contributed by atoms with Crippen molar-refractivity contribution in [2.45, 2.75) is 52.9 Å². The molecule has 0 N–H and O–H groups in total. The van der Waals surface area contributed by atoms with Crippen LogP contribution in [0, 0.1) is 11.8 Å². The number of methoxy groups -OCH3 is 1. The van der Waals surface area contributed by atoms with Gasteiger partial charge in [-0.25, -0.2) is 4.79 Å². The lowest BCUT2D eigenvalue weighted by Gasteiger charge is -2.29. The molecule has 0 aromatic heterocycles. The van der Waals surface area contributed by atoms with E-state index in [0.29, 0.717) is 12.1 Å². The molecule has 0 amide bonds. The average Bonchev–Trinajstić information content (AvgIpc) is 2.44. The lowest BCUT2D eigenvalue weighted by molar-refractivity contribution is -0.146. The highest BCUT2D eigenvalue weighted by molar-refractivity contribution is 5.98. The van der Waals surface area contributed by atoms with Gasteiger partial charge in [0, 0.05) is 6.92 Å². The number of nitrogens with zero attached hydrogens (tertiary/aromatic N) is 1. The minimum Gasteiger partial charge on any atom is -0.469 e. The van der Waals surface area contributed by atoms with E-state index < -0.39 is 5.97 Å². The van der Waals surface area contributed by atoms with E-state index in [2.05, 4.69) is 12.1 Å². The summed E-state index contributed by atoms with van der Waals surface area (Å²) in [5.41, 5.74) is 1.63. The second kappa shape index (κ2) is 8.60. The smallest absolute Gasteiger partial charge is 0.331 e. The summed E-state index contributed by atoms with van der Waals surface area (Å²) in [7, 11) is 1.42. The predicted octanol–water partition coefficient (Wildman–Crippen LogP) is 3.24. The van der Waals surface area contributed by atoms with Crippen molar-refractivity contribution in [3.8, 4) is 0 Å². The topological polar surface area (TPSA) is 65.0 Å². The lowest BCUT2D eigenvalue weighted by Crippen LogP contribution is -2.31. The molecule has 0 aliphatic heterocycles. The van der Waals surface area contributed by atoms with Crippen LogP contribution in [0.2, 0.25) is 0 Å². The van der Waals surface area contributed by atoms with Gasteiger partial charge in [-0.2, -0.15) is 0 Å². The first kappa shape index (κ1) is 17.4. The van der Waals surface area contributed by atoms with Crippen molar-refractivity contribution in [3.05, 3.63) is 11.6 Å². The van der Waals surface area contributed by atoms with Crippen molar-refractivity contribution in [1.82, 2.24) is 0 Å². The molecule has 1 rings (SSSR count). The third-order valence-electron chi connectivity index (χ3n) is 3.75. The molecular formula is C16H25NO4. The van der Waals surface area contributed by atoms with Crippen LogP contribution in [0.5, 0.6) is 0 Å². The summed E-state index contributed by atoms with van der Waals surface area (Å²) < 4.78 is 4.93. The Morgan fingerprint density at radius 2 is 2.10 bits per heavy atom. The highest BCUT2D eigenvalue weighted by atomic mass is 16.7. The van der Waals surface area contributed by atoms with Crippen molar-refractivity contribution in [1.29, 1.82) is 0 Å². The molecule has 5 heteroatoms. The van der Waals surface area contributed by atoms with E-state index in [0.717, 1.165) is 31.3 Å². The molecule has 0 unspecified atom stereocenters. The number of hydrogen-bond donors (Lipinski definition) is 0. The fourth-order valence-electron chi connectivity index (χ4n) is 2.79. The minimum atomic E-state index is -0.439. The van der Waals surface area contributed by atoms with Gasteiger partial charge in [-0.15, -0.1) is 0 Å². The molecule has 0 bridgehead atoms. The van der Waals surface area contributed by atoms with Gasteiger partial charge in [-0.05, 0) is 31.8 Å². The molecule has 0 radical (unpaired) electrons. The Kier molecular flexibility index (Phi) is 7.12. The van der Waals surface area contributed by atoms with Crippen molar-refractivity contribution in [3.63, 3.8) is 0 Å². The van der Waals surface area contributed by atoms with E-state index in [1.807, 2.05) is 13.0 Å². The van der Waals surface area contributed by atoms with E-state index >= 15 is 0 Å². The van der Waals surface area contributed by atoms with E-state index in [4.69, 9.17) is 9.57 Å². The van der Waals surface area contributed by atoms with Gasteiger partial charge in [0.25, 0.3) is 0 Å². The molecule has 5 nitrogen and oxygen atoms in total. The molecule has 0 fully saturated rings. The predicted molar refractivity (Wildman–Crippen MR) is 80.7 cm³/mol. The summed E-state index contributed by atoms with van der Waals surface area (Å²) in [6.07, 6.45) is 6.75. The summed E-state index contributed by atoms with van der Waals surface area (Å²) in [6, 6.07) is 0. The molecule has 0 aromatic carbocycles. The van der Waals surface area contributed by atoms with Gasteiger partial charge in [-0.1, -0.05) is 36.9 Å². The van der Waals surface area contributed by atoms with Gasteiger partial charge in [0.2, 0.25) is 0 Å². The lowest BCUT2D eigenvalue weighted by atomic mass is 9.75. The first-order valence-electron chi connectivity index (χ1n) is 7.50. The van der Waals surface area contributed by atoms with E-state index in [1.54, 1.807) is 0 Å². The van der Waals surface area contributed by atoms with E-state index in [9.17, 15) is 9.59 Å². The molecule has 0 spiro atoms. The van der Waals surface area contributed by atoms with Crippen LogP contribution in [0.3, 0.4) is 0 Å². The van der Waals surface area contributed by atoms with Gasteiger partial charge >= 0.3 is 11.9 Å². The molecule has 1 aliphatic rings. The van der Waals surface area contributed by atoms with Gasteiger partial charge in [0.15, 0.2) is 0 Å². The Balaban J connectivity index is 2.89. The second-order valence-electron chi connectivity index (χ2n) is 5.51. The number of hydrogen-bond acceptors (Lipinski definition) is 5. The molecule has 0 heterocycles. The molecule has 2 atom stereocenters. The second-order valence-corrected chi connectivity index (χ2v) is 5.51. The van der Waals surface area contributed by atoms with Crippen LogP contribution in [-0.2, 0) is 19.2 Å². The molecule has 21 heavy (non-hydrogen) atoms. The van der Waals surface area contributed by atoms with Gasteiger partial charge in [0.1, 0.15) is 0 Å². The average molecular weight is 295 g/mol. The van der Waals surface area contributed by atoms with Crippen LogP contribution >= 0.6 is 0 Å². The fraction of sp³-hybridized carbons (Fsp3) is 0.688. The standard InChI is InChI=1S/C16H25NO4/c1-5-6-7-8-13-10-14(17-21-12(3)18)9-11(2)15(13)16(19)20-4/h9,13,15H,5-8,10H2,1-4H3/b17-14-/t13-,15+/m1/s1. The largest absolute Gasteiger partial charge is 0.469 e. The zero-order valence-electron chi connectivity index (χ0n) is 13.3. The van der Waals surface area contributed by atoms with Crippen LogP contribution in [0.1, 0.15) is 52.9 Å². The zero-order chi connectivity index (χ0) is 15.8. The molecular weight excluding hydrogens is 270 g/mol. The molecule has 0 aromatic rings. The maximum atomic E-state index is 12.0. The van der Waals surface area contributed by atoms with E-state index in [-0.39, 0.29) is 17.8 Å². The minimum absolute atomic E-state index is 0.156. The van der Waals surface area contributed by atoms with Crippen molar-refractivity contribution in [2.24, 2.45) is 17.0 Å². The van der Waals surface area contributed by atoms with Crippen molar-refractivity contribution < 1.29 is 19.2 Å². The number of carbonyl (C=O) groups is 2.